The van der Waals surface area contributed by atoms with Crippen LogP contribution in [0.2, 0.25) is 0 Å². The van der Waals surface area contributed by atoms with Crippen LogP contribution in [0.4, 0.5) is 0 Å². The van der Waals surface area contributed by atoms with Gasteiger partial charge in [-0.25, -0.2) is 0 Å². The summed E-state index contributed by atoms with van der Waals surface area (Å²) in [6.07, 6.45) is 8.27. The molecule has 12 heavy (non-hydrogen) atoms. The highest BCUT2D eigenvalue weighted by molar-refractivity contribution is 5.01. The van der Waals surface area contributed by atoms with E-state index in [0.717, 1.165) is 12.6 Å². The first-order valence-electron chi connectivity index (χ1n) is 5.21. The second kappa shape index (κ2) is 3.00. The molecule has 0 aliphatic heterocycles. The molecule has 2 heteroatoms. The zero-order valence-corrected chi connectivity index (χ0v) is 8.05. The van der Waals surface area contributed by atoms with Gasteiger partial charge in [0.1, 0.15) is 0 Å². The molecule has 2 aliphatic rings. The Morgan fingerprint density at radius 3 is 2.25 bits per heavy atom. The van der Waals surface area contributed by atoms with Crippen molar-refractivity contribution in [3.63, 3.8) is 0 Å². The van der Waals surface area contributed by atoms with Gasteiger partial charge in [0.15, 0.2) is 0 Å². The highest BCUT2D eigenvalue weighted by Crippen LogP contribution is 2.40. The molecule has 2 aliphatic carbocycles. The normalized spacial score (nSPS) is 28.2. The van der Waals surface area contributed by atoms with Crippen LogP contribution in [0.3, 0.4) is 0 Å². The lowest BCUT2D eigenvalue weighted by Crippen LogP contribution is -2.61. The van der Waals surface area contributed by atoms with Crippen LogP contribution in [-0.4, -0.2) is 30.1 Å². The SMILES string of the molecule is CN(C1CCC1)C1(CN)CCC1. The van der Waals surface area contributed by atoms with E-state index in [1.54, 1.807) is 0 Å². The molecule has 0 atom stereocenters. The van der Waals surface area contributed by atoms with Gasteiger partial charge in [-0.2, -0.15) is 0 Å². The van der Waals surface area contributed by atoms with Crippen molar-refractivity contribution >= 4 is 0 Å². The zero-order valence-electron chi connectivity index (χ0n) is 8.05. The van der Waals surface area contributed by atoms with Gasteiger partial charge in [-0.05, 0) is 39.2 Å². The fraction of sp³-hybridized carbons (Fsp3) is 1.00. The highest BCUT2D eigenvalue weighted by Gasteiger charge is 2.43. The molecule has 0 radical (unpaired) electrons. The summed E-state index contributed by atoms with van der Waals surface area (Å²) in [5, 5.41) is 0. The second-order valence-electron chi connectivity index (χ2n) is 4.48. The minimum Gasteiger partial charge on any atom is -0.329 e. The average Bonchev–Trinajstić information content (AvgIpc) is 1.81. The molecule has 0 aromatic heterocycles. The molecule has 0 aromatic rings. The van der Waals surface area contributed by atoms with Crippen molar-refractivity contribution in [2.75, 3.05) is 13.6 Å². The van der Waals surface area contributed by atoms with Crippen molar-refractivity contribution in [1.82, 2.24) is 4.90 Å². The van der Waals surface area contributed by atoms with Crippen molar-refractivity contribution in [3.05, 3.63) is 0 Å². The molecule has 2 saturated carbocycles. The minimum absolute atomic E-state index is 0.408. The van der Waals surface area contributed by atoms with Crippen molar-refractivity contribution in [3.8, 4) is 0 Å². The van der Waals surface area contributed by atoms with Crippen LogP contribution in [0.25, 0.3) is 0 Å². The molecule has 0 heterocycles. The average molecular weight is 168 g/mol. The van der Waals surface area contributed by atoms with Gasteiger partial charge in [0.25, 0.3) is 0 Å². The van der Waals surface area contributed by atoms with E-state index in [1.165, 1.54) is 38.5 Å². The Hall–Kier alpha value is -0.0800. The Balaban J connectivity index is 1.95. The van der Waals surface area contributed by atoms with E-state index in [1.807, 2.05) is 0 Å². The summed E-state index contributed by atoms with van der Waals surface area (Å²) in [6.45, 7) is 0.861. The summed E-state index contributed by atoms with van der Waals surface area (Å²) in [6, 6.07) is 0.855. The van der Waals surface area contributed by atoms with Crippen LogP contribution in [0, 0.1) is 0 Å². The fourth-order valence-electron chi connectivity index (χ4n) is 2.45. The number of hydrogen-bond donors (Lipinski definition) is 1. The molecule has 0 aromatic carbocycles. The van der Waals surface area contributed by atoms with Crippen LogP contribution in [0.1, 0.15) is 38.5 Å². The smallest absolute Gasteiger partial charge is 0.0331 e. The van der Waals surface area contributed by atoms with E-state index in [0.29, 0.717) is 5.54 Å². The van der Waals surface area contributed by atoms with E-state index in [4.69, 9.17) is 5.73 Å². The van der Waals surface area contributed by atoms with Crippen molar-refractivity contribution in [2.45, 2.75) is 50.1 Å². The van der Waals surface area contributed by atoms with Crippen molar-refractivity contribution in [1.29, 1.82) is 0 Å². The lowest BCUT2D eigenvalue weighted by Gasteiger charge is -2.53. The van der Waals surface area contributed by atoms with Crippen LogP contribution in [0.15, 0.2) is 0 Å². The Labute approximate surface area is 75.1 Å². The number of likely N-dealkylation sites (N-methyl/N-ethyl adjacent to an activating group) is 1. The molecule has 70 valence electrons. The largest absolute Gasteiger partial charge is 0.329 e. The molecule has 0 saturated heterocycles. The third-order valence-corrected chi connectivity index (χ3v) is 4.03. The molecular weight excluding hydrogens is 148 g/mol. The lowest BCUT2D eigenvalue weighted by atomic mass is 9.73. The first-order chi connectivity index (χ1) is 5.78. The van der Waals surface area contributed by atoms with Crippen LogP contribution >= 0.6 is 0 Å². The molecule has 2 nitrogen and oxygen atoms in total. The van der Waals surface area contributed by atoms with Gasteiger partial charge in [-0.1, -0.05) is 6.42 Å². The van der Waals surface area contributed by atoms with Gasteiger partial charge in [-0.15, -0.1) is 0 Å². The highest BCUT2D eigenvalue weighted by atomic mass is 15.2. The topological polar surface area (TPSA) is 29.3 Å². The Morgan fingerprint density at radius 1 is 1.33 bits per heavy atom. The maximum absolute atomic E-state index is 5.84. The van der Waals surface area contributed by atoms with Gasteiger partial charge < -0.3 is 5.73 Å². The minimum atomic E-state index is 0.408. The molecule has 2 fully saturated rings. The summed E-state index contributed by atoms with van der Waals surface area (Å²) >= 11 is 0. The van der Waals surface area contributed by atoms with Gasteiger partial charge in [-0.3, -0.25) is 4.90 Å². The summed E-state index contributed by atoms with van der Waals surface area (Å²) in [5.74, 6) is 0. The van der Waals surface area contributed by atoms with Gasteiger partial charge in [0.05, 0.1) is 0 Å². The molecular formula is C10H20N2. The Kier molecular flexibility index (Phi) is 2.13. The van der Waals surface area contributed by atoms with Gasteiger partial charge in [0.2, 0.25) is 0 Å². The third-order valence-electron chi connectivity index (χ3n) is 4.03. The maximum Gasteiger partial charge on any atom is 0.0331 e. The standard InChI is InChI=1S/C10H20N2/c1-12(9-4-2-5-9)10(8-11)6-3-7-10/h9H,2-8,11H2,1H3. The summed E-state index contributed by atoms with van der Waals surface area (Å²) < 4.78 is 0. The molecule has 2 N–H and O–H groups in total. The number of nitrogens with zero attached hydrogens (tertiary/aromatic N) is 1. The van der Waals surface area contributed by atoms with E-state index in [2.05, 4.69) is 11.9 Å². The molecule has 0 bridgehead atoms. The van der Waals surface area contributed by atoms with E-state index >= 15 is 0 Å². The number of rotatable bonds is 3. The first-order valence-corrected chi connectivity index (χ1v) is 5.21. The van der Waals surface area contributed by atoms with E-state index in [9.17, 15) is 0 Å². The number of nitrogens with two attached hydrogens (primary N) is 1. The molecule has 0 unspecified atom stereocenters. The van der Waals surface area contributed by atoms with Crippen LogP contribution in [-0.2, 0) is 0 Å². The lowest BCUT2D eigenvalue weighted by molar-refractivity contribution is -0.0143. The second-order valence-corrected chi connectivity index (χ2v) is 4.48. The number of hydrogen-bond acceptors (Lipinski definition) is 2. The quantitative estimate of drug-likeness (QED) is 0.689. The maximum atomic E-state index is 5.84. The van der Waals surface area contributed by atoms with Gasteiger partial charge in [0, 0.05) is 18.1 Å². The van der Waals surface area contributed by atoms with E-state index in [-0.39, 0.29) is 0 Å². The Morgan fingerprint density at radius 2 is 2.00 bits per heavy atom. The van der Waals surface area contributed by atoms with E-state index < -0.39 is 0 Å². The predicted molar refractivity (Wildman–Crippen MR) is 51.0 cm³/mol. The summed E-state index contributed by atoms with van der Waals surface area (Å²) in [7, 11) is 2.27. The molecule has 0 amide bonds. The van der Waals surface area contributed by atoms with Crippen molar-refractivity contribution in [2.24, 2.45) is 5.73 Å². The third kappa shape index (κ3) is 1.09. The van der Waals surface area contributed by atoms with Crippen LogP contribution < -0.4 is 5.73 Å². The van der Waals surface area contributed by atoms with Crippen molar-refractivity contribution < 1.29 is 0 Å². The fourth-order valence-corrected chi connectivity index (χ4v) is 2.45. The summed E-state index contributed by atoms with van der Waals surface area (Å²) in [4.78, 5) is 2.57. The zero-order chi connectivity index (χ0) is 8.60. The molecule has 2 rings (SSSR count). The molecule has 0 spiro atoms. The first kappa shape index (κ1) is 8.52. The van der Waals surface area contributed by atoms with Crippen LogP contribution in [0.5, 0.6) is 0 Å². The monoisotopic (exact) mass is 168 g/mol. The summed E-state index contributed by atoms with van der Waals surface area (Å²) in [5.41, 5.74) is 6.25. The predicted octanol–water partition coefficient (Wildman–Crippen LogP) is 1.35. The van der Waals surface area contributed by atoms with Gasteiger partial charge >= 0.3 is 0 Å². The Bertz CT molecular complexity index is 154.